The van der Waals surface area contributed by atoms with Crippen molar-refractivity contribution >= 4 is 12.2 Å². The van der Waals surface area contributed by atoms with Gasteiger partial charge in [-0.25, -0.2) is 0 Å². The summed E-state index contributed by atoms with van der Waals surface area (Å²) in [5.74, 6) is 0. The molecule has 0 saturated heterocycles. The average molecular weight is 200 g/mol. The molecule has 3 nitrogen and oxygen atoms in total. The first-order valence-corrected chi connectivity index (χ1v) is 4.84. The summed E-state index contributed by atoms with van der Waals surface area (Å²) in [4.78, 5) is 2.96. The van der Waals surface area contributed by atoms with Crippen LogP contribution >= 0.6 is 12.2 Å². The fourth-order valence-electron chi connectivity index (χ4n) is 1.32. The van der Waals surface area contributed by atoms with Gasteiger partial charge in [-0.1, -0.05) is 0 Å². The molecule has 74 valence electrons. The van der Waals surface area contributed by atoms with Crippen molar-refractivity contribution in [2.45, 2.75) is 32.9 Å². The topological polar surface area (TPSA) is 29.9 Å². The fourth-order valence-corrected chi connectivity index (χ4v) is 1.51. The first-order valence-electron chi connectivity index (χ1n) is 4.43. The van der Waals surface area contributed by atoms with Crippen molar-refractivity contribution in [3.63, 3.8) is 0 Å². The maximum atomic E-state index is 5.58. The van der Waals surface area contributed by atoms with Crippen LogP contribution in [0.15, 0.2) is 12.4 Å². The molecule has 0 amide bonds. The van der Waals surface area contributed by atoms with E-state index in [1.807, 2.05) is 23.9 Å². The number of imidazole rings is 1. The van der Waals surface area contributed by atoms with Crippen molar-refractivity contribution in [2.75, 3.05) is 6.61 Å². The number of rotatable bonds is 4. The largest absolute Gasteiger partial charge is 0.374 e. The van der Waals surface area contributed by atoms with Gasteiger partial charge in [0.1, 0.15) is 0 Å². The molecule has 0 aliphatic rings. The Labute approximate surface area is 83.7 Å². The molecule has 0 aliphatic heterocycles. The predicted molar refractivity (Wildman–Crippen MR) is 55.3 cm³/mol. The zero-order chi connectivity index (χ0) is 9.90. The van der Waals surface area contributed by atoms with Gasteiger partial charge in [-0.15, -0.1) is 0 Å². The first-order chi connectivity index (χ1) is 6.05. The predicted octanol–water partition coefficient (Wildman–Crippen LogP) is 2.36. The molecule has 1 aromatic heterocycles. The van der Waals surface area contributed by atoms with Crippen molar-refractivity contribution in [1.82, 2.24) is 9.55 Å². The van der Waals surface area contributed by atoms with Gasteiger partial charge in [-0.2, -0.15) is 0 Å². The summed E-state index contributed by atoms with van der Waals surface area (Å²) in [5, 5.41) is 0. The van der Waals surface area contributed by atoms with Gasteiger partial charge in [-0.3, -0.25) is 0 Å². The zero-order valence-electron chi connectivity index (χ0n) is 8.33. The minimum atomic E-state index is -0.158. The summed E-state index contributed by atoms with van der Waals surface area (Å²) < 4.78 is 8.30. The number of H-pyrrole nitrogens is 1. The summed E-state index contributed by atoms with van der Waals surface area (Å²) in [6.45, 7) is 7.63. The first kappa shape index (κ1) is 10.5. The molecule has 4 heteroatoms. The molecule has 0 fully saturated rings. The lowest BCUT2D eigenvalue weighted by atomic mass is 10.1. The normalized spacial score (nSPS) is 11.9. The molecule has 1 rings (SSSR count). The Morgan fingerprint density at radius 1 is 1.62 bits per heavy atom. The minimum Gasteiger partial charge on any atom is -0.374 e. The minimum absolute atomic E-state index is 0.158. The molecule has 0 spiro atoms. The highest BCUT2D eigenvalue weighted by Crippen LogP contribution is 2.12. The molecule has 0 aromatic carbocycles. The van der Waals surface area contributed by atoms with E-state index in [9.17, 15) is 0 Å². The highest BCUT2D eigenvalue weighted by atomic mass is 32.1. The Hall–Kier alpha value is -0.610. The van der Waals surface area contributed by atoms with Crippen LogP contribution in [-0.4, -0.2) is 21.8 Å². The molecular formula is C9H16N2OS. The Morgan fingerprint density at radius 2 is 2.31 bits per heavy atom. The molecule has 0 aliphatic carbocycles. The number of ether oxygens (including phenoxy) is 1. The van der Waals surface area contributed by atoms with Crippen LogP contribution in [0.5, 0.6) is 0 Å². The molecule has 13 heavy (non-hydrogen) atoms. The van der Waals surface area contributed by atoms with Crippen molar-refractivity contribution in [3.05, 3.63) is 17.2 Å². The Balaban J connectivity index is 2.68. The van der Waals surface area contributed by atoms with Gasteiger partial charge in [0.2, 0.25) is 0 Å². The lowest BCUT2D eigenvalue weighted by Gasteiger charge is -2.24. The molecule has 0 saturated carbocycles. The number of aromatic amines is 1. The van der Waals surface area contributed by atoms with Crippen LogP contribution in [0.25, 0.3) is 0 Å². The maximum absolute atomic E-state index is 5.58. The van der Waals surface area contributed by atoms with Crippen LogP contribution in [0.1, 0.15) is 20.8 Å². The van der Waals surface area contributed by atoms with E-state index in [4.69, 9.17) is 17.0 Å². The maximum Gasteiger partial charge on any atom is 0.177 e. The van der Waals surface area contributed by atoms with Gasteiger partial charge < -0.3 is 14.3 Å². The van der Waals surface area contributed by atoms with Crippen LogP contribution < -0.4 is 0 Å². The van der Waals surface area contributed by atoms with Crippen LogP contribution in [0.4, 0.5) is 0 Å². The number of hydrogen-bond acceptors (Lipinski definition) is 2. The van der Waals surface area contributed by atoms with Crippen molar-refractivity contribution in [1.29, 1.82) is 0 Å². The molecule has 1 N–H and O–H groups in total. The third-order valence-corrected chi connectivity index (χ3v) is 2.16. The van der Waals surface area contributed by atoms with Gasteiger partial charge in [0, 0.05) is 19.0 Å². The zero-order valence-corrected chi connectivity index (χ0v) is 9.15. The molecule has 0 radical (unpaired) electrons. The van der Waals surface area contributed by atoms with E-state index in [1.165, 1.54) is 0 Å². The van der Waals surface area contributed by atoms with Gasteiger partial charge in [0.05, 0.1) is 12.1 Å². The summed E-state index contributed by atoms with van der Waals surface area (Å²) in [7, 11) is 0. The molecule has 1 heterocycles. The van der Waals surface area contributed by atoms with E-state index < -0.39 is 0 Å². The quantitative estimate of drug-likeness (QED) is 0.756. The van der Waals surface area contributed by atoms with Crippen LogP contribution in [0, 0.1) is 4.77 Å². The van der Waals surface area contributed by atoms with Crippen molar-refractivity contribution in [2.24, 2.45) is 0 Å². The SMILES string of the molecule is CCOC(C)(C)Cn1cc[nH]c1=S. The lowest BCUT2D eigenvalue weighted by molar-refractivity contribution is -0.0226. The summed E-state index contributed by atoms with van der Waals surface area (Å²) in [5.41, 5.74) is -0.158. The van der Waals surface area contributed by atoms with Crippen molar-refractivity contribution < 1.29 is 4.74 Å². The number of hydrogen-bond donors (Lipinski definition) is 1. The summed E-state index contributed by atoms with van der Waals surface area (Å²) in [6, 6.07) is 0. The second-order valence-corrected chi connectivity index (χ2v) is 3.97. The van der Waals surface area contributed by atoms with E-state index >= 15 is 0 Å². The highest BCUT2D eigenvalue weighted by Gasteiger charge is 2.18. The van der Waals surface area contributed by atoms with Crippen LogP contribution in [0.2, 0.25) is 0 Å². The van der Waals surface area contributed by atoms with Gasteiger partial charge in [-0.05, 0) is 33.0 Å². The van der Waals surface area contributed by atoms with Crippen molar-refractivity contribution in [3.8, 4) is 0 Å². The Kier molecular flexibility index (Phi) is 3.27. The van der Waals surface area contributed by atoms with E-state index in [0.29, 0.717) is 0 Å². The highest BCUT2D eigenvalue weighted by molar-refractivity contribution is 7.71. The van der Waals surface area contributed by atoms with Gasteiger partial charge >= 0.3 is 0 Å². The van der Waals surface area contributed by atoms with E-state index in [0.717, 1.165) is 17.9 Å². The fraction of sp³-hybridized carbons (Fsp3) is 0.667. The van der Waals surface area contributed by atoms with E-state index in [-0.39, 0.29) is 5.60 Å². The summed E-state index contributed by atoms with van der Waals surface area (Å²) in [6.07, 6.45) is 3.77. The summed E-state index contributed by atoms with van der Waals surface area (Å²) >= 11 is 5.09. The average Bonchev–Trinajstić information content (AvgIpc) is 2.35. The third kappa shape index (κ3) is 2.97. The molecule has 0 unspecified atom stereocenters. The third-order valence-electron chi connectivity index (χ3n) is 1.81. The molecule has 0 atom stereocenters. The van der Waals surface area contributed by atoms with Gasteiger partial charge in [0.15, 0.2) is 4.77 Å². The molecule has 1 aromatic rings. The molecule has 0 bridgehead atoms. The Morgan fingerprint density at radius 3 is 2.77 bits per heavy atom. The van der Waals surface area contributed by atoms with Gasteiger partial charge in [0.25, 0.3) is 0 Å². The second-order valence-electron chi connectivity index (χ2n) is 3.59. The van der Waals surface area contributed by atoms with E-state index in [2.05, 4.69) is 18.8 Å². The number of nitrogens with one attached hydrogen (secondary N) is 1. The second kappa shape index (κ2) is 4.07. The van der Waals surface area contributed by atoms with Crippen LogP contribution in [0.3, 0.4) is 0 Å². The monoisotopic (exact) mass is 200 g/mol. The van der Waals surface area contributed by atoms with Crippen LogP contribution in [-0.2, 0) is 11.3 Å². The molecular weight excluding hydrogens is 184 g/mol. The Bertz CT molecular complexity index is 313. The number of nitrogens with zero attached hydrogens (tertiary/aromatic N) is 1. The number of aromatic nitrogens is 2. The van der Waals surface area contributed by atoms with E-state index in [1.54, 1.807) is 0 Å². The standard InChI is InChI=1S/C9H16N2OS/c1-4-12-9(2,3)7-11-6-5-10-8(11)13/h5-6H,4,7H2,1-3H3,(H,10,13). The smallest absolute Gasteiger partial charge is 0.177 e. The lowest BCUT2D eigenvalue weighted by Crippen LogP contribution is -2.30.